The van der Waals surface area contributed by atoms with Crippen LogP contribution >= 0.6 is 22.9 Å². The minimum absolute atomic E-state index is 0.106. The Kier molecular flexibility index (Phi) is 4.39. The van der Waals surface area contributed by atoms with Crippen molar-refractivity contribution in [2.24, 2.45) is 0 Å². The number of thiazole rings is 1. The lowest BCUT2D eigenvalue weighted by Crippen LogP contribution is -2.28. The molecule has 6 heteroatoms. The van der Waals surface area contributed by atoms with Crippen molar-refractivity contribution in [1.82, 2.24) is 10.3 Å². The van der Waals surface area contributed by atoms with E-state index in [-0.39, 0.29) is 11.9 Å². The first-order valence-corrected chi connectivity index (χ1v) is 7.13. The number of carbonyl (C=O) groups is 1. The molecule has 0 bridgehead atoms. The Hall–Kier alpha value is -1.59. The van der Waals surface area contributed by atoms with Crippen molar-refractivity contribution in [1.29, 1.82) is 0 Å². The van der Waals surface area contributed by atoms with Gasteiger partial charge in [-0.25, -0.2) is 4.98 Å². The van der Waals surface area contributed by atoms with E-state index in [0.717, 1.165) is 11.4 Å². The van der Waals surface area contributed by atoms with Gasteiger partial charge in [-0.1, -0.05) is 18.5 Å². The summed E-state index contributed by atoms with van der Waals surface area (Å²) >= 11 is 7.53. The van der Waals surface area contributed by atoms with Gasteiger partial charge in [0.25, 0.3) is 5.91 Å². The average molecular weight is 296 g/mol. The summed E-state index contributed by atoms with van der Waals surface area (Å²) in [6.45, 7) is 1.99. The van der Waals surface area contributed by atoms with Crippen molar-refractivity contribution in [3.05, 3.63) is 45.4 Å². The fraction of sp³-hybridized carbons (Fsp3) is 0.231. The average Bonchev–Trinajstić information content (AvgIpc) is 2.92. The largest absolute Gasteiger partial charge is 0.399 e. The van der Waals surface area contributed by atoms with Crippen LogP contribution < -0.4 is 11.1 Å². The van der Waals surface area contributed by atoms with E-state index < -0.39 is 0 Å². The Balaban J connectivity index is 2.18. The maximum Gasteiger partial charge on any atom is 0.253 e. The van der Waals surface area contributed by atoms with Gasteiger partial charge in [-0.2, -0.15) is 0 Å². The molecule has 1 aromatic carbocycles. The van der Waals surface area contributed by atoms with Gasteiger partial charge in [0.05, 0.1) is 16.6 Å². The molecule has 100 valence electrons. The Morgan fingerprint density at radius 1 is 1.58 bits per heavy atom. The zero-order chi connectivity index (χ0) is 13.8. The molecule has 4 nitrogen and oxygen atoms in total. The molecule has 0 radical (unpaired) electrons. The van der Waals surface area contributed by atoms with Gasteiger partial charge in [0.15, 0.2) is 0 Å². The molecule has 0 saturated heterocycles. The number of nitrogen functional groups attached to an aromatic ring is 1. The van der Waals surface area contributed by atoms with E-state index >= 15 is 0 Å². The van der Waals surface area contributed by atoms with Gasteiger partial charge < -0.3 is 11.1 Å². The highest BCUT2D eigenvalue weighted by atomic mass is 35.5. The molecule has 1 heterocycles. The topological polar surface area (TPSA) is 68.0 Å². The minimum atomic E-state index is -0.237. The van der Waals surface area contributed by atoms with Gasteiger partial charge in [0.1, 0.15) is 5.01 Å². The number of nitrogens with one attached hydrogen (secondary N) is 1. The molecule has 1 atom stereocenters. The molecule has 0 saturated carbocycles. The molecule has 2 rings (SSSR count). The predicted octanol–water partition coefficient (Wildman–Crippen LogP) is 3.26. The van der Waals surface area contributed by atoms with E-state index in [1.165, 1.54) is 11.3 Å². The van der Waals surface area contributed by atoms with E-state index in [1.54, 1.807) is 24.4 Å². The van der Waals surface area contributed by atoms with Gasteiger partial charge >= 0.3 is 0 Å². The summed E-state index contributed by atoms with van der Waals surface area (Å²) in [6.07, 6.45) is 2.49. The van der Waals surface area contributed by atoms with Gasteiger partial charge in [-0.15, -0.1) is 11.3 Å². The van der Waals surface area contributed by atoms with Crippen LogP contribution in [-0.4, -0.2) is 10.9 Å². The van der Waals surface area contributed by atoms with Crippen LogP contribution in [0.5, 0.6) is 0 Å². The van der Waals surface area contributed by atoms with E-state index in [1.807, 2.05) is 12.3 Å². The molecule has 1 unspecified atom stereocenters. The third-order valence-electron chi connectivity index (χ3n) is 2.70. The Bertz CT molecular complexity index is 571. The summed E-state index contributed by atoms with van der Waals surface area (Å²) in [6, 6.07) is 4.75. The fourth-order valence-corrected chi connectivity index (χ4v) is 2.67. The Morgan fingerprint density at radius 2 is 2.37 bits per heavy atom. The summed E-state index contributed by atoms with van der Waals surface area (Å²) < 4.78 is 0. The number of halogens is 1. The molecule has 1 aromatic heterocycles. The molecule has 2 aromatic rings. The third kappa shape index (κ3) is 3.24. The summed E-state index contributed by atoms with van der Waals surface area (Å²) in [5, 5.41) is 6.08. The number of amides is 1. The first kappa shape index (κ1) is 13.8. The van der Waals surface area contributed by atoms with Crippen molar-refractivity contribution in [2.75, 3.05) is 5.73 Å². The number of anilines is 1. The molecule has 0 aliphatic carbocycles. The fourth-order valence-electron chi connectivity index (χ4n) is 1.70. The minimum Gasteiger partial charge on any atom is -0.399 e. The lowest BCUT2D eigenvalue weighted by atomic mass is 10.1. The number of benzene rings is 1. The molecule has 0 aliphatic heterocycles. The molecule has 19 heavy (non-hydrogen) atoms. The van der Waals surface area contributed by atoms with Crippen LogP contribution in [0.2, 0.25) is 5.02 Å². The third-order valence-corrected chi connectivity index (χ3v) is 3.92. The highest BCUT2D eigenvalue weighted by molar-refractivity contribution is 7.09. The highest BCUT2D eigenvalue weighted by Gasteiger charge is 2.18. The van der Waals surface area contributed by atoms with Crippen LogP contribution in [0.3, 0.4) is 0 Å². The summed E-state index contributed by atoms with van der Waals surface area (Å²) in [4.78, 5) is 16.4. The maximum atomic E-state index is 12.2. The van der Waals surface area contributed by atoms with Crippen LogP contribution in [0.25, 0.3) is 0 Å². The lowest BCUT2D eigenvalue weighted by molar-refractivity contribution is 0.0935. The van der Waals surface area contributed by atoms with Gasteiger partial charge in [0, 0.05) is 17.3 Å². The first-order chi connectivity index (χ1) is 9.11. The standard InChI is InChI=1S/C13H14ClN3OS/c1-2-11(13-16-5-6-19-13)17-12(18)9-7-8(15)3-4-10(9)14/h3-7,11H,2,15H2,1H3,(H,17,18). The van der Waals surface area contributed by atoms with Crippen molar-refractivity contribution >= 4 is 34.5 Å². The van der Waals surface area contributed by atoms with Crippen LogP contribution in [0.4, 0.5) is 5.69 Å². The highest BCUT2D eigenvalue weighted by Crippen LogP contribution is 2.22. The molecule has 1 amide bonds. The van der Waals surface area contributed by atoms with Gasteiger partial charge in [-0.3, -0.25) is 4.79 Å². The monoisotopic (exact) mass is 295 g/mol. The van der Waals surface area contributed by atoms with Crippen LogP contribution in [0, 0.1) is 0 Å². The van der Waals surface area contributed by atoms with E-state index in [0.29, 0.717) is 16.3 Å². The smallest absolute Gasteiger partial charge is 0.253 e. The summed E-state index contributed by atoms with van der Waals surface area (Å²) in [7, 11) is 0. The molecule has 0 fully saturated rings. The first-order valence-electron chi connectivity index (χ1n) is 5.87. The quantitative estimate of drug-likeness (QED) is 0.851. The number of rotatable bonds is 4. The Labute approximate surface area is 120 Å². The molecule has 0 spiro atoms. The second-order valence-electron chi connectivity index (χ2n) is 4.04. The maximum absolute atomic E-state index is 12.2. The number of carbonyl (C=O) groups excluding carboxylic acids is 1. The number of hydrogen-bond donors (Lipinski definition) is 2. The normalized spacial score (nSPS) is 12.1. The molecule has 0 aliphatic rings. The second kappa shape index (κ2) is 6.04. The van der Waals surface area contributed by atoms with Gasteiger partial charge in [-0.05, 0) is 24.6 Å². The number of hydrogen-bond acceptors (Lipinski definition) is 4. The molecular formula is C13H14ClN3OS. The van der Waals surface area contributed by atoms with Crippen LogP contribution in [0.1, 0.15) is 34.8 Å². The SMILES string of the molecule is CCC(NC(=O)c1cc(N)ccc1Cl)c1nccs1. The second-order valence-corrected chi connectivity index (χ2v) is 5.38. The van der Waals surface area contributed by atoms with Crippen LogP contribution in [-0.2, 0) is 0 Å². The van der Waals surface area contributed by atoms with Gasteiger partial charge in [0.2, 0.25) is 0 Å². The number of nitrogens with two attached hydrogens (primary N) is 1. The number of aromatic nitrogens is 1. The zero-order valence-electron chi connectivity index (χ0n) is 10.4. The van der Waals surface area contributed by atoms with Crippen molar-refractivity contribution in [2.45, 2.75) is 19.4 Å². The lowest BCUT2D eigenvalue weighted by Gasteiger charge is -2.15. The van der Waals surface area contributed by atoms with Crippen molar-refractivity contribution in [3.63, 3.8) is 0 Å². The molecule has 3 N–H and O–H groups in total. The van der Waals surface area contributed by atoms with E-state index in [9.17, 15) is 4.79 Å². The van der Waals surface area contributed by atoms with E-state index in [4.69, 9.17) is 17.3 Å². The molecular weight excluding hydrogens is 282 g/mol. The zero-order valence-corrected chi connectivity index (χ0v) is 12.0. The van der Waals surface area contributed by atoms with Crippen LogP contribution in [0.15, 0.2) is 29.8 Å². The van der Waals surface area contributed by atoms with Crippen molar-refractivity contribution < 1.29 is 4.79 Å². The number of nitrogens with zero attached hydrogens (tertiary/aromatic N) is 1. The predicted molar refractivity (Wildman–Crippen MR) is 78.5 cm³/mol. The Morgan fingerprint density at radius 3 is 3.00 bits per heavy atom. The van der Waals surface area contributed by atoms with E-state index in [2.05, 4.69) is 10.3 Å². The van der Waals surface area contributed by atoms with Crippen molar-refractivity contribution in [3.8, 4) is 0 Å². The summed E-state index contributed by atoms with van der Waals surface area (Å²) in [5.74, 6) is -0.237. The summed E-state index contributed by atoms with van der Waals surface area (Å²) in [5.41, 5.74) is 6.57.